The first-order chi connectivity index (χ1) is 14.5. The third kappa shape index (κ3) is 6.35. The number of hydrogen-bond donors (Lipinski definition) is 1. The van der Waals surface area contributed by atoms with Gasteiger partial charge in [0.1, 0.15) is 24.2 Å². The van der Waals surface area contributed by atoms with E-state index in [1.807, 2.05) is 32.7 Å². The number of aryl methyl sites for hydroxylation is 3. The van der Waals surface area contributed by atoms with E-state index in [2.05, 4.69) is 25.1 Å². The molecule has 2 aromatic heterocycles. The van der Waals surface area contributed by atoms with Crippen LogP contribution >= 0.6 is 13.5 Å². The molecule has 2 aromatic rings. The van der Waals surface area contributed by atoms with Crippen LogP contribution in [0.4, 0.5) is 24.7 Å². The summed E-state index contributed by atoms with van der Waals surface area (Å²) in [6.45, 7) is 4.74. The molecule has 1 amide bonds. The fraction of sp³-hybridized carbons (Fsp3) is 0.600. The summed E-state index contributed by atoms with van der Waals surface area (Å²) in [6.07, 6.45) is 0.331. The van der Waals surface area contributed by atoms with Gasteiger partial charge in [-0.05, 0) is 24.8 Å². The molecule has 178 valence electrons. The highest BCUT2D eigenvalue weighted by molar-refractivity contribution is 7.59. The number of ether oxygens (including phenoxy) is 1. The molecular formula is C20H29F3N6O2S. The third-order valence-electron chi connectivity index (χ3n) is 5.07. The maximum absolute atomic E-state index is 12.4. The van der Waals surface area contributed by atoms with Crippen molar-refractivity contribution >= 4 is 30.9 Å². The predicted molar refractivity (Wildman–Crippen MR) is 119 cm³/mol. The van der Waals surface area contributed by atoms with Crippen LogP contribution in [-0.4, -0.2) is 58.1 Å². The number of alkyl halides is 3. The quantitative estimate of drug-likeness (QED) is 0.593. The number of nitrogens with zero attached hydrogens (tertiary/aromatic N) is 5. The van der Waals surface area contributed by atoms with E-state index in [1.54, 1.807) is 17.1 Å². The van der Waals surface area contributed by atoms with E-state index in [4.69, 9.17) is 0 Å². The van der Waals surface area contributed by atoms with Gasteiger partial charge in [0.05, 0.1) is 25.0 Å². The molecule has 0 aromatic carbocycles. The molecule has 0 saturated carbocycles. The van der Waals surface area contributed by atoms with Crippen LogP contribution in [0, 0.1) is 12.8 Å². The van der Waals surface area contributed by atoms with Gasteiger partial charge in [0.2, 0.25) is 5.91 Å². The van der Waals surface area contributed by atoms with E-state index in [1.165, 1.54) is 0 Å². The molecule has 3 rings (SSSR count). The summed E-state index contributed by atoms with van der Waals surface area (Å²) in [5.41, 5.74) is 2.27. The Bertz CT molecular complexity index is 935. The second kappa shape index (κ2) is 10.5. The number of hydrogen-bond acceptors (Lipinski definition) is 6. The first kappa shape index (κ1) is 25.9. The number of nitrogens with one attached hydrogen (secondary N) is 1. The molecule has 1 aliphatic rings. The lowest BCUT2D eigenvalue weighted by atomic mass is 9.99. The number of rotatable bonds is 8. The number of carbonyl (C=O) groups excluding carboxylic acids is 1. The first-order valence-corrected chi connectivity index (χ1v) is 10.1. The predicted octanol–water partition coefficient (Wildman–Crippen LogP) is 2.87. The van der Waals surface area contributed by atoms with Crippen molar-refractivity contribution in [3.8, 4) is 0 Å². The molecule has 32 heavy (non-hydrogen) atoms. The summed E-state index contributed by atoms with van der Waals surface area (Å²) in [6, 6.07) is -0.299. The molecule has 0 fully saturated rings. The van der Waals surface area contributed by atoms with Gasteiger partial charge in [0.25, 0.3) is 0 Å². The van der Waals surface area contributed by atoms with Crippen LogP contribution in [0.25, 0.3) is 0 Å². The molecule has 12 heteroatoms. The molecule has 0 radical (unpaired) electrons. The Morgan fingerprint density at radius 3 is 2.62 bits per heavy atom. The van der Waals surface area contributed by atoms with Crippen LogP contribution < -0.4 is 10.2 Å². The summed E-state index contributed by atoms with van der Waals surface area (Å²) < 4.78 is 42.5. The summed E-state index contributed by atoms with van der Waals surface area (Å²) >= 11 is 0. The second-order valence-electron chi connectivity index (χ2n) is 7.99. The minimum Gasteiger partial charge on any atom is -0.370 e. The zero-order valence-corrected chi connectivity index (χ0v) is 19.5. The fourth-order valence-electron chi connectivity index (χ4n) is 3.64. The van der Waals surface area contributed by atoms with Crippen molar-refractivity contribution in [2.45, 2.75) is 52.4 Å². The maximum atomic E-state index is 12.4. The Morgan fingerprint density at radius 1 is 1.25 bits per heavy atom. The first-order valence-electron chi connectivity index (χ1n) is 10.1. The molecule has 8 nitrogen and oxygen atoms in total. The van der Waals surface area contributed by atoms with Gasteiger partial charge < -0.3 is 15.0 Å². The monoisotopic (exact) mass is 474 g/mol. The second-order valence-corrected chi connectivity index (χ2v) is 7.99. The molecule has 1 aliphatic heterocycles. The average Bonchev–Trinajstić information content (AvgIpc) is 3.11. The Balaban J connectivity index is 0.00000363. The number of aromatic nitrogens is 4. The standard InChI is InChI=1S/C20H27F3N6O2.H2S/c1-12(2)17-19(30)27-16-13(3)25-15(26-18(16)28(17)4)6-5-14-9-24-29(10-14)7-8-31-11-20(21,22)23;/h9-10,12,17H,5-8,11H2,1-4H3,(H,27,30);1H2/t17-;/m0./s1. The van der Waals surface area contributed by atoms with E-state index in [-0.39, 0.29) is 44.5 Å². The van der Waals surface area contributed by atoms with Gasteiger partial charge in [-0.3, -0.25) is 9.48 Å². The van der Waals surface area contributed by atoms with Crippen molar-refractivity contribution in [1.82, 2.24) is 19.7 Å². The number of halogens is 3. The normalized spacial score (nSPS) is 16.1. The van der Waals surface area contributed by atoms with Gasteiger partial charge in [-0.25, -0.2) is 9.97 Å². The smallest absolute Gasteiger partial charge is 0.370 e. The fourth-order valence-corrected chi connectivity index (χ4v) is 3.64. The molecular weight excluding hydrogens is 445 g/mol. The topological polar surface area (TPSA) is 85.2 Å². The minimum absolute atomic E-state index is 0. The van der Waals surface area contributed by atoms with E-state index in [9.17, 15) is 18.0 Å². The third-order valence-corrected chi connectivity index (χ3v) is 5.07. The van der Waals surface area contributed by atoms with Crippen LogP contribution in [0.1, 0.15) is 30.9 Å². The zero-order valence-electron chi connectivity index (χ0n) is 18.5. The van der Waals surface area contributed by atoms with Gasteiger partial charge in [0, 0.05) is 19.7 Å². The summed E-state index contributed by atoms with van der Waals surface area (Å²) in [7, 11) is 1.86. The molecule has 0 unspecified atom stereocenters. The maximum Gasteiger partial charge on any atom is 0.411 e. The van der Waals surface area contributed by atoms with Crippen LogP contribution in [0.3, 0.4) is 0 Å². The minimum atomic E-state index is -4.33. The van der Waals surface area contributed by atoms with E-state index >= 15 is 0 Å². The van der Waals surface area contributed by atoms with Crippen molar-refractivity contribution in [3.63, 3.8) is 0 Å². The zero-order chi connectivity index (χ0) is 22.8. The molecule has 0 aliphatic carbocycles. The van der Waals surface area contributed by atoms with E-state index in [0.717, 1.165) is 5.56 Å². The van der Waals surface area contributed by atoms with E-state index in [0.29, 0.717) is 35.9 Å². The molecule has 1 N–H and O–H groups in total. The van der Waals surface area contributed by atoms with Crippen LogP contribution in [-0.2, 0) is 28.9 Å². The summed E-state index contributed by atoms with van der Waals surface area (Å²) in [4.78, 5) is 23.5. The van der Waals surface area contributed by atoms with Crippen molar-refractivity contribution in [2.75, 3.05) is 30.5 Å². The van der Waals surface area contributed by atoms with Gasteiger partial charge >= 0.3 is 6.18 Å². The van der Waals surface area contributed by atoms with Crippen molar-refractivity contribution < 1.29 is 22.7 Å². The van der Waals surface area contributed by atoms with Crippen LogP contribution in [0.2, 0.25) is 0 Å². The highest BCUT2D eigenvalue weighted by Crippen LogP contribution is 2.33. The lowest BCUT2D eigenvalue weighted by Crippen LogP contribution is -2.49. The Hall–Kier alpha value is -2.34. The number of fused-ring (bicyclic) bond motifs is 1. The number of anilines is 2. The SMILES string of the molecule is Cc1nc(CCc2cnn(CCOCC(F)(F)F)c2)nc2c1NC(=O)[C@H](C(C)C)N2C.S. The van der Waals surface area contributed by atoms with Crippen LogP contribution in [0.15, 0.2) is 12.4 Å². The number of likely N-dealkylation sites (N-methyl/N-ethyl adjacent to an activating group) is 1. The van der Waals surface area contributed by atoms with Crippen molar-refractivity contribution in [3.05, 3.63) is 29.5 Å². The lowest BCUT2D eigenvalue weighted by Gasteiger charge is -2.36. The Labute approximate surface area is 192 Å². The highest BCUT2D eigenvalue weighted by atomic mass is 32.1. The lowest BCUT2D eigenvalue weighted by molar-refractivity contribution is -0.174. The highest BCUT2D eigenvalue weighted by Gasteiger charge is 2.35. The van der Waals surface area contributed by atoms with Crippen molar-refractivity contribution in [2.24, 2.45) is 5.92 Å². The van der Waals surface area contributed by atoms with Crippen molar-refractivity contribution in [1.29, 1.82) is 0 Å². The molecule has 0 saturated heterocycles. The molecule has 3 heterocycles. The van der Waals surface area contributed by atoms with Gasteiger partial charge in [-0.2, -0.15) is 31.8 Å². The molecule has 0 spiro atoms. The molecule has 1 atom stereocenters. The van der Waals surface area contributed by atoms with Gasteiger partial charge in [0.15, 0.2) is 5.82 Å². The summed E-state index contributed by atoms with van der Waals surface area (Å²) in [5, 5.41) is 7.09. The largest absolute Gasteiger partial charge is 0.411 e. The van der Waals surface area contributed by atoms with Crippen LogP contribution in [0.5, 0.6) is 0 Å². The summed E-state index contributed by atoms with van der Waals surface area (Å²) in [5.74, 6) is 1.43. The Morgan fingerprint density at radius 2 is 1.97 bits per heavy atom. The average molecular weight is 475 g/mol. The van der Waals surface area contributed by atoms with Gasteiger partial charge in [-0.1, -0.05) is 13.8 Å². The number of carbonyl (C=O) groups is 1. The number of amides is 1. The molecule has 0 bridgehead atoms. The Kier molecular flexibility index (Phi) is 8.52. The van der Waals surface area contributed by atoms with Gasteiger partial charge in [-0.15, -0.1) is 0 Å². The van der Waals surface area contributed by atoms with E-state index < -0.39 is 12.8 Å².